The summed E-state index contributed by atoms with van der Waals surface area (Å²) in [5.74, 6) is -3.76. The summed E-state index contributed by atoms with van der Waals surface area (Å²) >= 11 is 0. The number of carbonyl (C=O) groups excluding carboxylic acids is 1. The summed E-state index contributed by atoms with van der Waals surface area (Å²) in [5.41, 5.74) is -0.451. The summed E-state index contributed by atoms with van der Waals surface area (Å²) in [4.78, 5) is 31.0. The van der Waals surface area contributed by atoms with Crippen LogP contribution in [0.15, 0.2) is 53.3 Å². The van der Waals surface area contributed by atoms with Crippen LogP contribution in [0.25, 0.3) is 0 Å². The Morgan fingerprint density at radius 1 is 1.21 bits per heavy atom. The topological polar surface area (TPSA) is 104 Å². The van der Waals surface area contributed by atoms with Crippen molar-refractivity contribution in [1.29, 1.82) is 0 Å². The molecule has 1 unspecified atom stereocenters. The Balaban J connectivity index is 1.87. The van der Waals surface area contributed by atoms with E-state index in [4.69, 9.17) is 4.74 Å². The van der Waals surface area contributed by atoms with E-state index in [-0.39, 0.29) is 12.4 Å². The molecule has 7 nitrogen and oxygen atoms in total. The summed E-state index contributed by atoms with van der Waals surface area (Å²) in [5, 5.41) is 12.4. The molecule has 1 amide bonds. The van der Waals surface area contributed by atoms with Gasteiger partial charge in [-0.3, -0.25) is 9.59 Å². The second-order valence-corrected chi connectivity index (χ2v) is 6.11. The predicted octanol–water partition coefficient (Wildman–Crippen LogP) is 2.42. The average molecular weight is 401 g/mol. The SMILES string of the molecule is COC(c1ccccc1)c1nc(C(=O)NCc2ccc(F)c(F)c2)c(O)c(=O)[nH]1. The third-order valence-electron chi connectivity index (χ3n) is 4.15. The Bertz CT molecular complexity index is 1090. The number of H-pyrrole nitrogens is 1. The van der Waals surface area contributed by atoms with E-state index in [0.29, 0.717) is 11.1 Å². The Labute approximate surface area is 164 Å². The third-order valence-corrected chi connectivity index (χ3v) is 4.15. The lowest BCUT2D eigenvalue weighted by Gasteiger charge is -2.16. The molecule has 2 aromatic carbocycles. The van der Waals surface area contributed by atoms with Crippen LogP contribution in [0.2, 0.25) is 0 Å². The number of benzene rings is 2. The van der Waals surface area contributed by atoms with Gasteiger partial charge in [-0.1, -0.05) is 36.4 Å². The summed E-state index contributed by atoms with van der Waals surface area (Å²) in [7, 11) is 1.41. The zero-order valence-corrected chi connectivity index (χ0v) is 15.3. The number of hydrogen-bond acceptors (Lipinski definition) is 5. The van der Waals surface area contributed by atoms with Gasteiger partial charge in [0.25, 0.3) is 11.5 Å². The van der Waals surface area contributed by atoms with Crippen LogP contribution in [-0.2, 0) is 11.3 Å². The van der Waals surface area contributed by atoms with Crippen LogP contribution in [0.5, 0.6) is 5.75 Å². The van der Waals surface area contributed by atoms with Crippen LogP contribution in [0.3, 0.4) is 0 Å². The van der Waals surface area contributed by atoms with Crippen LogP contribution >= 0.6 is 0 Å². The van der Waals surface area contributed by atoms with Gasteiger partial charge in [0.2, 0.25) is 5.75 Å². The zero-order chi connectivity index (χ0) is 21.0. The first-order chi connectivity index (χ1) is 13.9. The van der Waals surface area contributed by atoms with Crippen molar-refractivity contribution in [1.82, 2.24) is 15.3 Å². The second-order valence-electron chi connectivity index (χ2n) is 6.11. The van der Waals surface area contributed by atoms with Crippen molar-refractivity contribution in [2.45, 2.75) is 12.6 Å². The fourth-order valence-electron chi connectivity index (χ4n) is 2.72. The van der Waals surface area contributed by atoms with Gasteiger partial charge in [-0.15, -0.1) is 0 Å². The summed E-state index contributed by atoms with van der Waals surface area (Å²) in [6.07, 6.45) is -0.776. The molecule has 0 aliphatic heterocycles. The van der Waals surface area contributed by atoms with Crippen LogP contribution < -0.4 is 10.9 Å². The molecule has 9 heteroatoms. The number of amides is 1. The highest BCUT2D eigenvalue weighted by atomic mass is 19.2. The minimum absolute atomic E-state index is 0.0273. The number of nitrogens with one attached hydrogen (secondary N) is 2. The fourth-order valence-corrected chi connectivity index (χ4v) is 2.72. The van der Waals surface area contributed by atoms with Crippen molar-refractivity contribution in [3.05, 3.63) is 93.2 Å². The zero-order valence-electron chi connectivity index (χ0n) is 15.3. The molecule has 1 heterocycles. The third kappa shape index (κ3) is 4.46. The van der Waals surface area contributed by atoms with E-state index in [1.807, 2.05) is 0 Å². The van der Waals surface area contributed by atoms with Gasteiger partial charge < -0.3 is 20.1 Å². The molecule has 0 saturated carbocycles. The minimum Gasteiger partial charge on any atom is -0.501 e. The lowest BCUT2D eigenvalue weighted by molar-refractivity contribution is 0.0938. The molecular formula is C20H17F2N3O4. The van der Waals surface area contributed by atoms with Gasteiger partial charge >= 0.3 is 0 Å². The lowest BCUT2D eigenvalue weighted by atomic mass is 10.1. The average Bonchev–Trinajstić information content (AvgIpc) is 2.72. The van der Waals surface area contributed by atoms with E-state index in [9.17, 15) is 23.5 Å². The van der Waals surface area contributed by atoms with Crippen LogP contribution in [0.1, 0.15) is 33.5 Å². The van der Waals surface area contributed by atoms with E-state index >= 15 is 0 Å². The molecule has 0 bridgehead atoms. The first kappa shape index (κ1) is 20.2. The standard InChI is InChI=1S/C20H17F2N3O4/c1-29-17(12-5-3-2-4-6-12)18-24-15(16(26)20(28)25-18)19(27)23-10-11-7-8-13(21)14(22)9-11/h2-9,17,26H,10H2,1H3,(H,23,27)(H,24,25,28). The molecule has 150 valence electrons. The first-order valence-corrected chi connectivity index (χ1v) is 8.53. The highest BCUT2D eigenvalue weighted by Crippen LogP contribution is 2.23. The van der Waals surface area contributed by atoms with Crippen LogP contribution in [0, 0.1) is 11.6 Å². The number of hydrogen-bond donors (Lipinski definition) is 3. The number of aromatic hydroxyl groups is 1. The maximum absolute atomic E-state index is 13.3. The summed E-state index contributed by atoms with van der Waals surface area (Å²) in [6.45, 7) is -0.161. The van der Waals surface area contributed by atoms with Crippen molar-refractivity contribution in [3.63, 3.8) is 0 Å². The van der Waals surface area contributed by atoms with E-state index in [0.717, 1.165) is 12.1 Å². The molecule has 0 saturated heterocycles. The number of halogens is 2. The number of methoxy groups -OCH3 is 1. The predicted molar refractivity (Wildman–Crippen MR) is 99.3 cm³/mol. The smallest absolute Gasteiger partial charge is 0.294 e. The molecule has 1 aromatic heterocycles. The number of aromatic nitrogens is 2. The molecule has 0 fully saturated rings. The van der Waals surface area contributed by atoms with Crippen molar-refractivity contribution in [3.8, 4) is 5.75 Å². The van der Waals surface area contributed by atoms with E-state index in [1.165, 1.54) is 13.2 Å². The monoisotopic (exact) mass is 401 g/mol. The van der Waals surface area contributed by atoms with Crippen molar-refractivity contribution < 1.29 is 23.4 Å². The molecule has 3 N–H and O–H groups in total. The largest absolute Gasteiger partial charge is 0.501 e. The molecule has 3 rings (SSSR count). The van der Waals surface area contributed by atoms with Gasteiger partial charge in [0.1, 0.15) is 11.9 Å². The highest BCUT2D eigenvalue weighted by Gasteiger charge is 2.23. The molecule has 0 radical (unpaired) electrons. The van der Waals surface area contributed by atoms with E-state index in [2.05, 4.69) is 15.3 Å². The highest BCUT2D eigenvalue weighted by molar-refractivity contribution is 5.94. The maximum atomic E-state index is 13.3. The number of aromatic amines is 1. The van der Waals surface area contributed by atoms with Crippen LogP contribution in [-0.4, -0.2) is 28.1 Å². The molecule has 0 aliphatic rings. The van der Waals surface area contributed by atoms with Crippen molar-refractivity contribution in [2.24, 2.45) is 0 Å². The van der Waals surface area contributed by atoms with Gasteiger partial charge in [0.05, 0.1) is 0 Å². The van der Waals surface area contributed by atoms with Gasteiger partial charge in [0.15, 0.2) is 17.3 Å². The minimum atomic E-state index is -1.05. The van der Waals surface area contributed by atoms with Gasteiger partial charge in [-0.2, -0.15) is 0 Å². The Morgan fingerprint density at radius 3 is 2.59 bits per heavy atom. The molecule has 3 aromatic rings. The molecule has 29 heavy (non-hydrogen) atoms. The van der Waals surface area contributed by atoms with Gasteiger partial charge in [-0.25, -0.2) is 13.8 Å². The number of carbonyl (C=O) groups is 1. The molecule has 1 atom stereocenters. The van der Waals surface area contributed by atoms with Crippen LogP contribution in [0.4, 0.5) is 8.78 Å². The summed E-state index contributed by atoms with van der Waals surface area (Å²) < 4.78 is 31.7. The quantitative estimate of drug-likeness (QED) is 0.589. The first-order valence-electron chi connectivity index (χ1n) is 8.53. The molecular weight excluding hydrogens is 384 g/mol. The molecule has 0 aliphatic carbocycles. The fraction of sp³-hybridized carbons (Fsp3) is 0.150. The lowest BCUT2D eigenvalue weighted by Crippen LogP contribution is -2.28. The van der Waals surface area contributed by atoms with E-state index in [1.54, 1.807) is 30.3 Å². The van der Waals surface area contributed by atoms with Crippen molar-refractivity contribution in [2.75, 3.05) is 7.11 Å². The number of nitrogens with zero attached hydrogens (tertiary/aromatic N) is 1. The van der Waals surface area contributed by atoms with E-state index < -0.39 is 40.6 Å². The normalized spacial score (nSPS) is 11.8. The Hall–Kier alpha value is -3.59. The number of ether oxygens (including phenoxy) is 1. The van der Waals surface area contributed by atoms with Gasteiger partial charge in [0, 0.05) is 13.7 Å². The number of rotatable bonds is 6. The second kappa shape index (κ2) is 8.61. The maximum Gasteiger partial charge on any atom is 0.294 e. The summed E-state index contributed by atoms with van der Waals surface area (Å²) in [6, 6.07) is 12.0. The van der Waals surface area contributed by atoms with Gasteiger partial charge in [-0.05, 0) is 23.3 Å². The van der Waals surface area contributed by atoms with Crippen molar-refractivity contribution >= 4 is 5.91 Å². The Kier molecular flexibility index (Phi) is 5.99. The Morgan fingerprint density at radius 2 is 1.93 bits per heavy atom. The molecule has 0 spiro atoms.